The Kier molecular flexibility index (Phi) is 9.54. The van der Waals surface area contributed by atoms with E-state index in [0.717, 1.165) is 11.1 Å². The summed E-state index contributed by atoms with van der Waals surface area (Å²) in [6.07, 6.45) is 1.80. The van der Waals surface area contributed by atoms with Crippen LogP contribution in [-0.2, 0) is 20.9 Å². The third-order valence-corrected chi connectivity index (χ3v) is 2.59. The third-order valence-electron chi connectivity index (χ3n) is 2.59. The molecule has 1 unspecified atom stereocenters. The average Bonchev–Trinajstić information content (AvgIpc) is 2.52. The number of carboxylic acids is 1. The van der Waals surface area contributed by atoms with Crippen LogP contribution in [0, 0.1) is 0 Å². The number of rotatable bonds is 7. The third kappa shape index (κ3) is 7.89. The van der Waals surface area contributed by atoms with E-state index in [1.807, 2.05) is 38.1 Å². The lowest BCUT2D eigenvalue weighted by molar-refractivity contribution is -0.145. The zero-order valence-corrected chi connectivity index (χ0v) is 12.5. The van der Waals surface area contributed by atoms with E-state index in [1.54, 1.807) is 6.08 Å². The molecule has 5 heteroatoms. The number of hydrogen-bond donors (Lipinski definition) is 2. The summed E-state index contributed by atoms with van der Waals surface area (Å²) < 4.78 is 5.02. The monoisotopic (exact) mass is 293 g/mol. The maximum absolute atomic E-state index is 11.4. The lowest BCUT2D eigenvalue weighted by Crippen LogP contribution is -2.30. The average molecular weight is 293 g/mol. The van der Waals surface area contributed by atoms with Crippen LogP contribution in [0.2, 0.25) is 0 Å². The number of nitrogens with two attached hydrogens (primary N) is 1. The van der Waals surface area contributed by atoms with E-state index >= 15 is 0 Å². The Hall–Kier alpha value is -2.14. The van der Waals surface area contributed by atoms with Gasteiger partial charge in [-0.15, -0.1) is 0 Å². The Morgan fingerprint density at radius 2 is 1.90 bits per heavy atom. The van der Waals surface area contributed by atoms with Gasteiger partial charge in [0.1, 0.15) is 12.6 Å². The summed E-state index contributed by atoms with van der Waals surface area (Å²) in [7, 11) is 0. The predicted molar refractivity (Wildman–Crippen MR) is 82.5 cm³/mol. The number of esters is 1. The van der Waals surface area contributed by atoms with Crippen molar-refractivity contribution >= 4 is 18.0 Å². The smallest absolute Gasteiger partial charge is 0.320 e. The second kappa shape index (κ2) is 10.6. The zero-order valence-electron chi connectivity index (χ0n) is 12.5. The van der Waals surface area contributed by atoms with Crippen LogP contribution in [0.1, 0.15) is 37.8 Å². The molecule has 0 amide bonds. The van der Waals surface area contributed by atoms with E-state index < -0.39 is 18.0 Å². The molecule has 1 rings (SSSR count). The van der Waals surface area contributed by atoms with Gasteiger partial charge in [0.15, 0.2) is 0 Å². The van der Waals surface area contributed by atoms with Gasteiger partial charge in [-0.2, -0.15) is 0 Å². The van der Waals surface area contributed by atoms with Crippen molar-refractivity contribution in [1.82, 2.24) is 0 Å². The van der Waals surface area contributed by atoms with Gasteiger partial charge in [0.2, 0.25) is 0 Å². The Morgan fingerprint density at radius 3 is 2.38 bits per heavy atom. The fourth-order valence-corrected chi connectivity index (χ4v) is 1.38. The molecule has 0 aliphatic carbocycles. The van der Waals surface area contributed by atoms with Crippen LogP contribution in [0.4, 0.5) is 0 Å². The summed E-state index contributed by atoms with van der Waals surface area (Å²) in [6, 6.07) is 6.40. The first-order valence-corrected chi connectivity index (χ1v) is 6.88. The SMILES string of the molecule is C=Cc1ccc(COC(=O)CCC(N)C(=O)O)cc1.CC. The van der Waals surface area contributed by atoms with Crippen LogP contribution < -0.4 is 5.73 Å². The highest BCUT2D eigenvalue weighted by atomic mass is 16.5. The molecule has 0 spiro atoms. The van der Waals surface area contributed by atoms with Crippen molar-refractivity contribution in [2.45, 2.75) is 39.3 Å². The summed E-state index contributed by atoms with van der Waals surface area (Å²) >= 11 is 0. The molecule has 1 aromatic carbocycles. The largest absolute Gasteiger partial charge is 0.480 e. The maximum atomic E-state index is 11.4. The van der Waals surface area contributed by atoms with E-state index in [9.17, 15) is 9.59 Å². The van der Waals surface area contributed by atoms with Crippen LogP contribution in [0.15, 0.2) is 30.8 Å². The Labute approximate surface area is 125 Å². The van der Waals surface area contributed by atoms with Crippen LogP contribution in [0.3, 0.4) is 0 Å². The van der Waals surface area contributed by atoms with E-state index in [1.165, 1.54) is 0 Å². The van der Waals surface area contributed by atoms with Crippen molar-refractivity contribution in [3.8, 4) is 0 Å². The lowest BCUT2D eigenvalue weighted by atomic mass is 10.1. The first-order chi connectivity index (χ1) is 10.0. The molecule has 116 valence electrons. The van der Waals surface area contributed by atoms with Gasteiger partial charge in [-0.3, -0.25) is 9.59 Å². The molecule has 1 aromatic rings. The first kappa shape index (κ1) is 18.9. The van der Waals surface area contributed by atoms with Gasteiger partial charge in [-0.1, -0.05) is 50.8 Å². The number of carboxylic acid groups (broad SMARTS) is 1. The second-order valence-corrected chi connectivity index (χ2v) is 4.09. The molecule has 0 bridgehead atoms. The summed E-state index contributed by atoms with van der Waals surface area (Å²) in [5, 5.41) is 8.57. The number of hydrogen-bond acceptors (Lipinski definition) is 4. The summed E-state index contributed by atoms with van der Waals surface area (Å²) in [6.45, 7) is 7.81. The van der Waals surface area contributed by atoms with E-state index in [2.05, 4.69) is 6.58 Å². The molecule has 0 fully saturated rings. The highest BCUT2D eigenvalue weighted by molar-refractivity contribution is 5.75. The van der Waals surface area contributed by atoms with Crippen molar-refractivity contribution in [2.75, 3.05) is 0 Å². The quantitative estimate of drug-likeness (QED) is 0.754. The molecule has 3 N–H and O–H groups in total. The molecular formula is C16H23NO4. The van der Waals surface area contributed by atoms with Crippen molar-refractivity contribution in [3.05, 3.63) is 42.0 Å². The van der Waals surface area contributed by atoms with E-state index in [-0.39, 0.29) is 19.4 Å². The molecule has 0 aliphatic heterocycles. The minimum Gasteiger partial charge on any atom is -0.480 e. The highest BCUT2D eigenvalue weighted by Gasteiger charge is 2.14. The minimum atomic E-state index is -1.12. The van der Waals surface area contributed by atoms with Crippen molar-refractivity contribution in [3.63, 3.8) is 0 Å². The van der Waals surface area contributed by atoms with Crippen molar-refractivity contribution < 1.29 is 19.4 Å². The lowest BCUT2D eigenvalue weighted by Gasteiger charge is -2.07. The molecule has 0 radical (unpaired) electrons. The fraction of sp³-hybridized carbons (Fsp3) is 0.375. The summed E-state index contributed by atoms with van der Waals surface area (Å²) in [4.78, 5) is 21.8. The Bertz CT molecular complexity index is 454. The number of carbonyl (C=O) groups is 2. The predicted octanol–water partition coefficient (Wildman–Crippen LogP) is 2.59. The van der Waals surface area contributed by atoms with Gasteiger partial charge in [0, 0.05) is 6.42 Å². The standard InChI is InChI=1S/C14H17NO4.C2H6/c1-2-10-3-5-11(6-4-10)9-19-13(16)8-7-12(15)14(17)18;1-2/h2-6,12H,1,7-9,15H2,(H,17,18);1-2H3. The normalized spacial score (nSPS) is 10.8. The Morgan fingerprint density at radius 1 is 1.33 bits per heavy atom. The fourth-order valence-electron chi connectivity index (χ4n) is 1.38. The molecule has 0 heterocycles. The summed E-state index contributed by atoms with van der Waals surface area (Å²) in [5.74, 6) is -1.57. The zero-order chi connectivity index (χ0) is 16.3. The van der Waals surface area contributed by atoms with Gasteiger partial charge < -0.3 is 15.6 Å². The summed E-state index contributed by atoms with van der Waals surface area (Å²) in [5.41, 5.74) is 7.14. The van der Waals surface area contributed by atoms with Crippen LogP contribution in [-0.4, -0.2) is 23.1 Å². The molecule has 0 saturated carbocycles. The number of carbonyl (C=O) groups excluding carboxylic acids is 1. The van der Waals surface area contributed by atoms with E-state index in [4.69, 9.17) is 15.6 Å². The number of benzene rings is 1. The molecule has 0 aliphatic rings. The molecule has 0 saturated heterocycles. The highest BCUT2D eigenvalue weighted by Crippen LogP contribution is 2.07. The molecule has 21 heavy (non-hydrogen) atoms. The van der Waals surface area contributed by atoms with Gasteiger partial charge in [-0.25, -0.2) is 0 Å². The number of ether oxygens (including phenoxy) is 1. The second-order valence-electron chi connectivity index (χ2n) is 4.09. The molecular weight excluding hydrogens is 270 g/mol. The van der Waals surface area contributed by atoms with Crippen LogP contribution in [0.5, 0.6) is 0 Å². The van der Waals surface area contributed by atoms with Crippen molar-refractivity contribution in [2.24, 2.45) is 5.73 Å². The van der Waals surface area contributed by atoms with Crippen molar-refractivity contribution in [1.29, 1.82) is 0 Å². The van der Waals surface area contributed by atoms with Gasteiger partial charge in [0.25, 0.3) is 0 Å². The first-order valence-electron chi connectivity index (χ1n) is 6.88. The molecule has 0 aromatic heterocycles. The molecule has 1 atom stereocenters. The van der Waals surface area contributed by atoms with Gasteiger partial charge in [0.05, 0.1) is 0 Å². The topological polar surface area (TPSA) is 89.6 Å². The number of aliphatic carboxylic acids is 1. The van der Waals surface area contributed by atoms with Crippen LogP contribution >= 0.6 is 0 Å². The maximum Gasteiger partial charge on any atom is 0.320 e. The Balaban J connectivity index is 0.00000191. The molecule has 5 nitrogen and oxygen atoms in total. The van der Waals surface area contributed by atoms with Gasteiger partial charge in [-0.05, 0) is 17.5 Å². The van der Waals surface area contributed by atoms with E-state index in [0.29, 0.717) is 0 Å². The minimum absolute atomic E-state index is 0.00178. The van der Waals surface area contributed by atoms with Gasteiger partial charge >= 0.3 is 11.9 Å². The van der Waals surface area contributed by atoms with Crippen LogP contribution in [0.25, 0.3) is 6.08 Å².